The normalized spacial score (nSPS) is 20.2. The van der Waals surface area contributed by atoms with Crippen LogP contribution in [0.25, 0.3) is 0 Å². The van der Waals surface area contributed by atoms with Gasteiger partial charge in [-0.15, -0.1) is 11.3 Å². The van der Waals surface area contributed by atoms with Crippen LogP contribution in [0, 0.1) is 5.92 Å². The van der Waals surface area contributed by atoms with Gasteiger partial charge < -0.3 is 15.1 Å². The topological polar surface area (TPSA) is 55.9 Å². The third kappa shape index (κ3) is 5.40. The first-order valence-corrected chi connectivity index (χ1v) is 11.7. The molecule has 0 spiro atoms. The van der Waals surface area contributed by atoms with Crippen LogP contribution < -0.4 is 5.32 Å². The molecule has 2 fully saturated rings. The molecule has 0 radical (unpaired) electrons. The molecule has 2 aromatic rings. The molecule has 30 heavy (non-hydrogen) atoms. The lowest BCUT2D eigenvalue weighted by Gasteiger charge is -2.39. The van der Waals surface area contributed by atoms with Gasteiger partial charge in [-0.1, -0.05) is 36.4 Å². The van der Waals surface area contributed by atoms with Crippen molar-refractivity contribution in [3.05, 3.63) is 58.3 Å². The van der Waals surface area contributed by atoms with Crippen LogP contribution in [0.3, 0.4) is 0 Å². The lowest BCUT2D eigenvalue weighted by Crippen LogP contribution is -2.53. The van der Waals surface area contributed by atoms with E-state index in [1.165, 1.54) is 5.56 Å². The lowest BCUT2D eigenvalue weighted by molar-refractivity contribution is -0.138. The summed E-state index contributed by atoms with van der Waals surface area (Å²) >= 11 is 1.64. The highest BCUT2D eigenvalue weighted by Crippen LogP contribution is 2.20. The van der Waals surface area contributed by atoms with Gasteiger partial charge in [-0.3, -0.25) is 9.69 Å². The van der Waals surface area contributed by atoms with Gasteiger partial charge in [-0.05, 0) is 29.9 Å². The summed E-state index contributed by atoms with van der Waals surface area (Å²) < 4.78 is 0. The van der Waals surface area contributed by atoms with Gasteiger partial charge in [-0.25, -0.2) is 4.79 Å². The quantitative estimate of drug-likeness (QED) is 0.800. The number of carbonyl (C=O) groups excluding carboxylic acids is 2. The van der Waals surface area contributed by atoms with Gasteiger partial charge in [0.1, 0.15) is 0 Å². The number of carbonyl (C=O) groups is 2. The van der Waals surface area contributed by atoms with Crippen molar-refractivity contribution in [1.82, 2.24) is 20.0 Å². The van der Waals surface area contributed by atoms with E-state index >= 15 is 0 Å². The maximum atomic E-state index is 13.1. The van der Waals surface area contributed by atoms with E-state index in [4.69, 9.17) is 0 Å². The van der Waals surface area contributed by atoms with Gasteiger partial charge in [0.05, 0.1) is 12.5 Å². The predicted octanol–water partition coefficient (Wildman–Crippen LogP) is 3.01. The third-order valence-electron chi connectivity index (χ3n) is 5.98. The number of hydrogen-bond acceptors (Lipinski definition) is 4. The first-order chi connectivity index (χ1) is 14.7. The van der Waals surface area contributed by atoms with Crippen LogP contribution in [0.5, 0.6) is 0 Å². The summed E-state index contributed by atoms with van der Waals surface area (Å²) in [6, 6.07) is 14.4. The van der Waals surface area contributed by atoms with E-state index < -0.39 is 0 Å². The number of piperazine rings is 1. The molecule has 4 rings (SSSR count). The SMILES string of the molecule is O=C(NCc1cccs1)N1CCCC(C(=O)N2CCN(Cc3ccccc3)CC2)C1. The molecule has 1 aromatic carbocycles. The number of nitrogens with zero attached hydrogens (tertiary/aromatic N) is 3. The molecule has 6 nitrogen and oxygen atoms in total. The second-order valence-electron chi connectivity index (χ2n) is 8.11. The third-order valence-corrected chi connectivity index (χ3v) is 6.86. The van der Waals surface area contributed by atoms with Crippen LogP contribution >= 0.6 is 11.3 Å². The van der Waals surface area contributed by atoms with E-state index in [1.807, 2.05) is 33.4 Å². The number of benzene rings is 1. The highest BCUT2D eigenvalue weighted by molar-refractivity contribution is 7.09. The van der Waals surface area contributed by atoms with Gasteiger partial charge in [0, 0.05) is 50.7 Å². The first-order valence-electron chi connectivity index (χ1n) is 10.8. The highest BCUT2D eigenvalue weighted by Gasteiger charge is 2.32. The summed E-state index contributed by atoms with van der Waals surface area (Å²) in [6.45, 7) is 6.08. The Labute approximate surface area is 182 Å². The van der Waals surface area contributed by atoms with E-state index in [0.29, 0.717) is 13.1 Å². The van der Waals surface area contributed by atoms with Crippen LogP contribution in [0.4, 0.5) is 4.79 Å². The Morgan fingerprint density at radius 3 is 2.50 bits per heavy atom. The summed E-state index contributed by atoms with van der Waals surface area (Å²) in [7, 11) is 0. The van der Waals surface area contributed by atoms with E-state index in [-0.39, 0.29) is 17.9 Å². The van der Waals surface area contributed by atoms with Crippen LogP contribution in [0.15, 0.2) is 47.8 Å². The van der Waals surface area contributed by atoms with E-state index in [1.54, 1.807) is 11.3 Å². The molecule has 2 aliphatic rings. The Balaban J connectivity index is 1.23. The largest absolute Gasteiger partial charge is 0.340 e. The standard InChI is InChI=1S/C23H30N4O2S/c28-22(26-13-11-25(12-14-26)17-19-6-2-1-3-7-19)20-8-4-10-27(18-20)23(29)24-16-21-9-5-15-30-21/h1-3,5-7,9,15,20H,4,8,10-14,16-18H2,(H,24,29). The first kappa shape index (κ1) is 20.9. The summed E-state index contributed by atoms with van der Waals surface area (Å²) in [5, 5.41) is 5.00. The van der Waals surface area contributed by atoms with Crippen molar-refractivity contribution in [2.75, 3.05) is 39.3 Å². The summed E-state index contributed by atoms with van der Waals surface area (Å²) in [5.74, 6) is 0.136. The average Bonchev–Trinajstić information content (AvgIpc) is 3.32. The van der Waals surface area contributed by atoms with Gasteiger partial charge in [0.2, 0.25) is 5.91 Å². The lowest BCUT2D eigenvalue weighted by atomic mass is 9.96. The summed E-state index contributed by atoms with van der Waals surface area (Å²) in [5.41, 5.74) is 1.31. The van der Waals surface area contributed by atoms with Crippen molar-refractivity contribution in [2.24, 2.45) is 5.92 Å². The van der Waals surface area contributed by atoms with Crippen LogP contribution in [-0.4, -0.2) is 65.9 Å². The van der Waals surface area contributed by atoms with Gasteiger partial charge in [0.15, 0.2) is 0 Å². The zero-order valence-corrected chi connectivity index (χ0v) is 18.2. The molecule has 2 aliphatic heterocycles. The zero-order valence-electron chi connectivity index (χ0n) is 17.3. The number of likely N-dealkylation sites (tertiary alicyclic amines) is 1. The van der Waals surface area contributed by atoms with Crippen LogP contribution in [-0.2, 0) is 17.9 Å². The van der Waals surface area contributed by atoms with Crippen molar-refractivity contribution in [3.63, 3.8) is 0 Å². The number of hydrogen-bond donors (Lipinski definition) is 1. The predicted molar refractivity (Wildman–Crippen MR) is 119 cm³/mol. The minimum absolute atomic E-state index is 0.0615. The molecule has 1 N–H and O–H groups in total. The van der Waals surface area contributed by atoms with Gasteiger partial charge in [-0.2, -0.15) is 0 Å². The van der Waals surface area contributed by atoms with Crippen molar-refractivity contribution in [1.29, 1.82) is 0 Å². The Hall–Kier alpha value is -2.38. The number of rotatable bonds is 5. The fraction of sp³-hybridized carbons (Fsp3) is 0.478. The number of urea groups is 1. The van der Waals surface area contributed by atoms with Gasteiger partial charge >= 0.3 is 6.03 Å². The number of piperidine rings is 1. The van der Waals surface area contributed by atoms with E-state index in [2.05, 4.69) is 34.5 Å². The zero-order chi connectivity index (χ0) is 20.8. The summed E-state index contributed by atoms with van der Waals surface area (Å²) in [4.78, 5) is 33.0. The Morgan fingerprint density at radius 2 is 1.77 bits per heavy atom. The highest BCUT2D eigenvalue weighted by atomic mass is 32.1. The fourth-order valence-electron chi connectivity index (χ4n) is 4.28. The molecule has 7 heteroatoms. The molecule has 1 aromatic heterocycles. The van der Waals surface area contributed by atoms with Gasteiger partial charge in [0.25, 0.3) is 0 Å². The molecule has 0 aliphatic carbocycles. The molecule has 2 saturated heterocycles. The summed E-state index contributed by atoms with van der Waals surface area (Å²) in [6.07, 6.45) is 1.76. The van der Waals surface area contributed by atoms with Crippen LogP contribution in [0.1, 0.15) is 23.3 Å². The average molecular weight is 427 g/mol. The van der Waals surface area contributed by atoms with Crippen LogP contribution in [0.2, 0.25) is 0 Å². The fourth-order valence-corrected chi connectivity index (χ4v) is 4.92. The minimum atomic E-state index is -0.0769. The molecule has 3 amide bonds. The molecule has 1 atom stereocenters. The molecular weight excluding hydrogens is 396 g/mol. The molecule has 1 unspecified atom stereocenters. The molecule has 160 valence electrons. The monoisotopic (exact) mass is 426 g/mol. The Bertz CT molecular complexity index is 819. The van der Waals surface area contributed by atoms with E-state index in [9.17, 15) is 9.59 Å². The smallest absolute Gasteiger partial charge is 0.317 e. The number of thiophene rings is 1. The van der Waals surface area contributed by atoms with Crippen molar-refractivity contribution in [2.45, 2.75) is 25.9 Å². The maximum absolute atomic E-state index is 13.1. The molecule has 0 saturated carbocycles. The van der Waals surface area contributed by atoms with Crippen molar-refractivity contribution < 1.29 is 9.59 Å². The maximum Gasteiger partial charge on any atom is 0.317 e. The minimum Gasteiger partial charge on any atom is -0.340 e. The number of amides is 3. The molecule has 3 heterocycles. The Morgan fingerprint density at radius 1 is 0.967 bits per heavy atom. The second kappa shape index (κ2) is 10.1. The molecular formula is C23H30N4O2S. The molecule has 0 bridgehead atoms. The van der Waals surface area contributed by atoms with Crippen molar-refractivity contribution in [3.8, 4) is 0 Å². The Kier molecular flexibility index (Phi) is 7.02. The van der Waals surface area contributed by atoms with Crippen molar-refractivity contribution >= 4 is 23.3 Å². The number of nitrogens with one attached hydrogen (secondary N) is 1. The van der Waals surface area contributed by atoms with E-state index in [0.717, 1.165) is 57.0 Å². The second-order valence-corrected chi connectivity index (χ2v) is 9.14.